The molecule has 7 aromatic carbocycles. The van der Waals surface area contributed by atoms with Gasteiger partial charge in [0.15, 0.2) is 0 Å². The summed E-state index contributed by atoms with van der Waals surface area (Å²) in [7, 11) is -18.4. The molecule has 1 unspecified atom stereocenters. The van der Waals surface area contributed by atoms with Crippen LogP contribution in [0.5, 0.6) is 0 Å². The van der Waals surface area contributed by atoms with E-state index in [9.17, 15) is 72.2 Å². The van der Waals surface area contributed by atoms with Crippen LogP contribution in [0.2, 0.25) is 0 Å². The van der Waals surface area contributed by atoms with Crippen LogP contribution in [-0.2, 0) is 167 Å². The molecule has 0 amide bonds. The number of aliphatic hydroxyl groups is 1. The zero-order valence-corrected chi connectivity index (χ0v) is 74.8. The van der Waals surface area contributed by atoms with Crippen molar-refractivity contribution in [3.8, 4) is 0 Å². The molecule has 114 heavy (non-hydrogen) atoms. The Morgan fingerprint density at radius 1 is 0.430 bits per heavy atom. The number of halogens is 3. The molecule has 0 bridgehead atoms. The van der Waals surface area contributed by atoms with Crippen LogP contribution in [0.4, 0.5) is 0 Å². The monoisotopic (exact) mass is 1850 g/mol. The molecule has 1 atom stereocenters. The van der Waals surface area contributed by atoms with Crippen LogP contribution < -0.4 is 50.7 Å². The molecule has 0 aliphatic carbocycles. The van der Waals surface area contributed by atoms with Gasteiger partial charge in [-0.1, -0.05) is 220 Å². The van der Waals surface area contributed by atoms with E-state index in [2.05, 4.69) is 37.1 Å². The fourth-order valence-electron chi connectivity index (χ4n) is 6.89. The Morgan fingerprint density at radius 3 is 0.763 bits per heavy atom. The summed E-state index contributed by atoms with van der Waals surface area (Å²) in [6.45, 7) is 3.81. The molecule has 30 nitrogen and oxygen atoms in total. The Kier molecular flexibility index (Phi) is 72.0. The number of ether oxygens (including phenoxy) is 7. The Bertz CT molecular complexity index is 3890. The molecule has 0 spiro atoms. The summed E-state index contributed by atoms with van der Waals surface area (Å²) < 4.78 is 225. The van der Waals surface area contributed by atoms with Crippen molar-refractivity contribution in [1.82, 2.24) is 10.9 Å². The van der Waals surface area contributed by atoms with Gasteiger partial charge < -0.3 is 53.5 Å². The van der Waals surface area contributed by atoms with Gasteiger partial charge in [0.1, 0.15) is 36.2 Å². The number of rotatable bonds is 33. The molecule has 1 fully saturated rings. The largest absolute Gasteiger partial charge is 1.00 e. The van der Waals surface area contributed by atoms with Crippen molar-refractivity contribution in [2.24, 2.45) is 10.3 Å². The first-order chi connectivity index (χ1) is 51.9. The number of primary sulfonamides is 2. The van der Waals surface area contributed by atoms with Gasteiger partial charge in [0.05, 0.1) is 159 Å². The Balaban J connectivity index is -0.000000390. The van der Waals surface area contributed by atoms with Gasteiger partial charge in [-0.05, 0) is 44.8 Å². The predicted octanol–water partition coefficient (Wildman–Crippen LogP) is 4.46. The second-order valence-corrected chi connectivity index (χ2v) is 41.0. The van der Waals surface area contributed by atoms with Crippen LogP contribution in [0, 0.1) is 0 Å². The third-order valence-corrected chi connectivity index (χ3v) is 19.6. The van der Waals surface area contributed by atoms with E-state index in [0.29, 0.717) is 64.6 Å². The van der Waals surface area contributed by atoms with E-state index in [1.807, 2.05) is 212 Å². The van der Waals surface area contributed by atoms with E-state index in [1.54, 1.807) is 0 Å². The van der Waals surface area contributed by atoms with Crippen molar-refractivity contribution in [2.75, 3.05) is 124 Å². The zero-order chi connectivity index (χ0) is 84.0. The summed E-state index contributed by atoms with van der Waals surface area (Å²) in [4.78, 5) is 0. The number of hydrogen-bond acceptors (Lipinski definition) is 27. The number of nitrogens with two attached hydrogens (primary N) is 2. The summed E-state index contributed by atoms with van der Waals surface area (Å²) in [5.74, 6) is 3.42. The van der Waals surface area contributed by atoms with Gasteiger partial charge in [-0.2, -0.15) is 0 Å². The standard InChI is InChI=1S/3C10H14O3S.C9H13NO3S.2C9H12O4S.C7H7Cl.C4H9NO2S.C2H7NO3S.CH4.Cl2OS.H3N.Na/c3*1-14(11,12)8-7-13-9-10-5-3-2-4-6-10;3*10-14(11,12)7-6-13-8-9-4-2-1-3-5-9;8-6-7-4-2-1-3-5-7;1-8(6)3-2-7-4-5-8;3-7(5,6)2-1-4;;1-4(2)3;;/h3*2-6H,7-9H2,1H3;1-5H,6-8H2,(H2,10,11,12);2*1-5H,6-8H2,(H,10,11,12);1-5H,6H2;1-4H2,(H,5,6);4H,1-2H2,(H2,3,5,6);1H4;;1H3;/q;;;;;;;;;;;;+1/p-2. The molecule has 43 heteroatoms. The SMILES string of the molecule is C.C=S1(=O)CCOCN1.CS(=O)(=O)CCOCc1ccccc1.CS(=O)(=O)CCOCc1ccccc1.CS(=O)(=O)CCOCc1ccccc1.ClCc1ccccc1.N.NS(=O)(=O)CCO.NS(=O)(=O)CCOCc1ccccc1.O=S(=O)([O-])CCOCc1ccccc1.O=S(=O)([O-])CCOCc1ccccc1.O=S(Cl)Cl.[Na+]. The Morgan fingerprint density at radius 2 is 0.632 bits per heavy atom. The molecular formula is C71H107Cl3N4NaO26S9-. The van der Waals surface area contributed by atoms with Gasteiger partial charge in [-0.15, -0.1) is 11.6 Å². The topological polar surface area (TPSA) is 503 Å². The molecule has 644 valence electrons. The third kappa shape index (κ3) is 91.6. The number of sulfonamides is 2. The Hall–Kier alpha value is -4.33. The average Bonchev–Trinajstić information content (AvgIpc) is 0.907. The molecular weight excluding hydrogens is 1740 g/mol. The second kappa shape index (κ2) is 69.5. The summed E-state index contributed by atoms with van der Waals surface area (Å²) >= 11 is 5.53. The minimum absolute atomic E-state index is 0. The first kappa shape index (κ1) is 118. The Labute approximate surface area is 714 Å². The number of hydrogen-bond donors (Lipinski definition) is 5. The molecule has 1 heterocycles. The first-order valence-corrected chi connectivity index (χ1v) is 50.6. The van der Waals surface area contributed by atoms with Gasteiger partial charge >= 0.3 is 29.6 Å². The van der Waals surface area contributed by atoms with Crippen LogP contribution in [0.1, 0.15) is 46.4 Å². The van der Waals surface area contributed by atoms with Crippen LogP contribution in [0.3, 0.4) is 0 Å². The van der Waals surface area contributed by atoms with E-state index in [1.165, 1.54) is 24.3 Å². The van der Waals surface area contributed by atoms with Gasteiger partial charge in [0.2, 0.25) is 29.3 Å². The van der Waals surface area contributed by atoms with Gasteiger partial charge in [0.25, 0.3) is 0 Å². The van der Waals surface area contributed by atoms with Gasteiger partial charge in [-0.3, -0.25) is 4.21 Å². The maximum atomic E-state index is 10.9. The molecule has 9 N–H and O–H groups in total. The summed E-state index contributed by atoms with van der Waals surface area (Å²) in [5.41, 5.74) is 7.27. The van der Waals surface area contributed by atoms with Gasteiger partial charge in [0, 0.05) is 55.7 Å². The minimum atomic E-state index is -4.15. The molecule has 1 aliphatic rings. The molecule has 8 rings (SSSR count). The number of alkyl halides is 1. The van der Waals surface area contributed by atoms with E-state index in [4.69, 9.17) is 59.2 Å². The van der Waals surface area contributed by atoms with Crippen molar-refractivity contribution in [3.05, 3.63) is 251 Å². The number of nitrogens with one attached hydrogen (secondary N) is 1. The normalized spacial score (nSPS) is 12.9. The smallest absolute Gasteiger partial charge is 0.748 e. The fourth-order valence-corrected chi connectivity index (χ4v) is 10.4. The molecule has 0 saturated carbocycles. The molecule has 7 aromatic rings. The predicted molar refractivity (Wildman–Crippen MR) is 450 cm³/mol. The maximum Gasteiger partial charge on any atom is 1.00 e. The number of benzene rings is 7. The zero-order valence-electron chi connectivity index (χ0n) is 63.2. The third-order valence-electron chi connectivity index (χ3n) is 12.3. The van der Waals surface area contributed by atoms with Crippen LogP contribution >= 0.6 is 33.0 Å². The fraction of sp³-hybridized carbons (Fsp3) is 0.394. The molecule has 0 radical (unpaired) electrons. The number of sulfone groups is 3. The summed E-state index contributed by atoms with van der Waals surface area (Å²) in [6.07, 6.45) is 3.62. The van der Waals surface area contributed by atoms with E-state index in [-0.39, 0.29) is 112 Å². The minimum Gasteiger partial charge on any atom is -0.748 e. The molecule has 1 saturated heterocycles. The quantitative estimate of drug-likeness (QED) is 0.00946. The average molecular weight is 1850 g/mol. The molecule has 1 aliphatic heterocycles. The van der Waals surface area contributed by atoms with Crippen molar-refractivity contribution in [1.29, 1.82) is 0 Å². The van der Waals surface area contributed by atoms with Crippen molar-refractivity contribution in [2.45, 2.75) is 52.9 Å². The summed E-state index contributed by atoms with van der Waals surface area (Å²) in [5, 5.41) is 17.2. The van der Waals surface area contributed by atoms with Crippen molar-refractivity contribution < 1.29 is 144 Å². The second-order valence-electron chi connectivity index (χ2n) is 22.6. The van der Waals surface area contributed by atoms with Gasteiger partial charge in [-0.25, -0.2) is 78.1 Å². The summed E-state index contributed by atoms with van der Waals surface area (Å²) in [6, 6.07) is 67.2. The van der Waals surface area contributed by atoms with E-state index >= 15 is 0 Å². The van der Waals surface area contributed by atoms with Crippen molar-refractivity contribution >= 4 is 128 Å². The van der Waals surface area contributed by atoms with Crippen LogP contribution in [0.25, 0.3) is 0 Å². The molecule has 0 aromatic heterocycles. The van der Waals surface area contributed by atoms with E-state index < -0.39 is 107 Å². The van der Waals surface area contributed by atoms with Crippen molar-refractivity contribution in [3.63, 3.8) is 0 Å². The first-order valence-electron chi connectivity index (χ1n) is 32.6. The van der Waals surface area contributed by atoms with Crippen LogP contribution in [0.15, 0.2) is 212 Å². The van der Waals surface area contributed by atoms with Crippen LogP contribution in [-0.4, -0.2) is 212 Å². The number of aliphatic hydroxyl groups excluding tert-OH is 1. The van der Waals surface area contributed by atoms with E-state index in [0.717, 1.165) is 33.4 Å². The maximum absolute atomic E-state index is 10.9.